The van der Waals surface area contributed by atoms with E-state index in [2.05, 4.69) is 15.3 Å². The average molecular weight is 248 g/mol. The van der Waals surface area contributed by atoms with Crippen LogP contribution >= 0.6 is 0 Å². The van der Waals surface area contributed by atoms with Gasteiger partial charge in [0.1, 0.15) is 5.52 Å². The first kappa shape index (κ1) is 12.3. The Morgan fingerprint density at radius 3 is 3.06 bits per heavy atom. The standard InChI is InChI=1S/C12H16N4O2/c1-8(5-10(17)18)6-14-12-11-9(3-4-13-12)16(2)7-15-11/h3-4,7-8H,5-6H2,1-2H3,(H,13,14)(H,17,18). The first-order valence-electron chi connectivity index (χ1n) is 5.79. The monoisotopic (exact) mass is 248 g/mol. The van der Waals surface area contributed by atoms with E-state index in [0.717, 1.165) is 11.0 Å². The minimum Gasteiger partial charge on any atom is -0.481 e. The molecule has 2 aromatic rings. The molecule has 0 aliphatic carbocycles. The Morgan fingerprint density at radius 2 is 2.33 bits per heavy atom. The van der Waals surface area contributed by atoms with Gasteiger partial charge in [0.15, 0.2) is 5.82 Å². The smallest absolute Gasteiger partial charge is 0.303 e. The average Bonchev–Trinajstić information content (AvgIpc) is 2.68. The number of carboxylic acids is 1. The number of hydrogen-bond donors (Lipinski definition) is 2. The van der Waals surface area contributed by atoms with Crippen LogP contribution in [0.15, 0.2) is 18.6 Å². The predicted octanol–water partition coefficient (Wildman–Crippen LogP) is 1.49. The highest BCUT2D eigenvalue weighted by Gasteiger charge is 2.10. The van der Waals surface area contributed by atoms with E-state index in [9.17, 15) is 4.79 Å². The molecule has 6 heteroatoms. The van der Waals surface area contributed by atoms with Gasteiger partial charge in [-0.05, 0) is 12.0 Å². The van der Waals surface area contributed by atoms with Crippen molar-refractivity contribution in [2.75, 3.05) is 11.9 Å². The molecule has 96 valence electrons. The molecule has 0 spiro atoms. The highest BCUT2D eigenvalue weighted by Crippen LogP contribution is 2.18. The minimum absolute atomic E-state index is 0.0447. The van der Waals surface area contributed by atoms with Gasteiger partial charge in [-0.3, -0.25) is 4.79 Å². The molecule has 2 rings (SSSR count). The largest absolute Gasteiger partial charge is 0.481 e. The van der Waals surface area contributed by atoms with Crippen molar-refractivity contribution in [3.63, 3.8) is 0 Å². The van der Waals surface area contributed by atoms with E-state index in [1.54, 1.807) is 12.5 Å². The Bertz CT molecular complexity index is 564. The van der Waals surface area contributed by atoms with Gasteiger partial charge in [0, 0.05) is 26.2 Å². The highest BCUT2D eigenvalue weighted by atomic mass is 16.4. The summed E-state index contributed by atoms with van der Waals surface area (Å²) in [7, 11) is 1.92. The number of carboxylic acid groups (broad SMARTS) is 1. The minimum atomic E-state index is -0.784. The van der Waals surface area contributed by atoms with E-state index in [4.69, 9.17) is 5.11 Å². The summed E-state index contributed by atoms with van der Waals surface area (Å²) in [5, 5.41) is 11.9. The maximum absolute atomic E-state index is 10.6. The van der Waals surface area contributed by atoms with Crippen molar-refractivity contribution in [2.45, 2.75) is 13.3 Å². The summed E-state index contributed by atoms with van der Waals surface area (Å²) in [5.74, 6) is -0.0399. The fraction of sp³-hybridized carbons (Fsp3) is 0.417. The van der Waals surface area contributed by atoms with Crippen molar-refractivity contribution in [3.05, 3.63) is 18.6 Å². The van der Waals surface area contributed by atoms with Crippen LogP contribution in [0.3, 0.4) is 0 Å². The summed E-state index contributed by atoms with van der Waals surface area (Å²) < 4.78 is 1.92. The van der Waals surface area contributed by atoms with Crippen molar-refractivity contribution in [3.8, 4) is 0 Å². The lowest BCUT2D eigenvalue weighted by atomic mass is 10.1. The molecule has 0 aliphatic heterocycles. The molecule has 0 saturated carbocycles. The molecule has 2 heterocycles. The Kier molecular flexibility index (Phi) is 3.45. The molecule has 0 radical (unpaired) electrons. The van der Waals surface area contributed by atoms with Gasteiger partial charge in [0.2, 0.25) is 0 Å². The van der Waals surface area contributed by atoms with Gasteiger partial charge in [-0.2, -0.15) is 0 Å². The van der Waals surface area contributed by atoms with Crippen LogP contribution in [0.25, 0.3) is 11.0 Å². The van der Waals surface area contributed by atoms with E-state index in [1.807, 2.05) is 24.6 Å². The zero-order valence-electron chi connectivity index (χ0n) is 10.4. The number of hydrogen-bond acceptors (Lipinski definition) is 4. The molecule has 0 aromatic carbocycles. The van der Waals surface area contributed by atoms with Crippen LogP contribution in [0.2, 0.25) is 0 Å². The first-order chi connectivity index (χ1) is 8.58. The number of fused-ring (bicyclic) bond motifs is 1. The number of nitrogens with one attached hydrogen (secondary N) is 1. The molecular weight excluding hydrogens is 232 g/mol. The summed E-state index contributed by atoms with van der Waals surface area (Å²) in [6, 6.07) is 1.90. The number of carbonyl (C=O) groups is 1. The van der Waals surface area contributed by atoms with Gasteiger partial charge in [-0.25, -0.2) is 9.97 Å². The molecule has 18 heavy (non-hydrogen) atoms. The van der Waals surface area contributed by atoms with E-state index < -0.39 is 5.97 Å². The van der Waals surface area contributed by atoms with Gasteiger partial charge in [-0.1, -0.05) is 6.92 Å². The van der Waals surface area contributed by atoms with Crippen LogP contribution in [0, 0.1) is 5.92 Å². The maximum atomic E-state index is 10.6. The van der Waals surface area contributed by atoms with Crippen LogP contribution in [-0.2, 0) is 11.8 Å². The van der Waals surface area contributed by atoms with Gasteiger partial charge < -0.3 is 15.0 Å². The Balaban J connectivity index is 2.10. The van der Waals surface area contributed by atoms with Crippen LogP contribution in [0.4, 0.5) is 5.82 Å². The van der Waals surface area contributed by atoms with E-state index in [-0.39, 0.29) is 12.3 Å². The third-order valence-corrected chi connectivity index (χ3v) is 2.78. The zero-order valence-corrected chi connectivity index (χ0v) is 10.4. The molecule has 1 atom stereocenters. The molecule has 6 nitrogen and oxygen atoms in total. The first-order valence-corrected chi connectivity index (χ1v) is 5.79. The third kappa shape index (κ3) is 2.58. The molecule has 1 unspecified atom stereocenters. The van der Waals surface area contributed by atoms with Gasteiger partial charge >= 0.3 is 5.97 Å². The molecule has 0 bridgehead atoms. The Morgan fingerprint density at radius 1 is 1.56 bits per heavy atom. The highest BCUT2D eigenvalue weighted by molar-refractivity contribution is 5.85. The van der Waals surface area contributed by atoms with E-state index in [1.165, 1.54) is 0 Å². The number of nitrogens with zero attached hydrogens (tertiary/aromatic N) is 3. The molecule has 0 fully saturated rings. The SMILES string of the molecule is CC(CNc1nccc2c1ncn2C)CC(=O)O. The molecule has 2 aromatic heterocycles. The number of aliphatic carboxylic acids is 1. The molecule has 2 N–H and O–H groups in total. The molecule has 0 aliphatic rings. The third-order valence-electron chi connectivity index (χ3n) is 2.78. The summed E-state index contributed by atoms with van der Waals surface area (Å²) in [4.78, 5) is 19.1. The van der Waals surface area contributed by atoms with Crippen molar-refractivity contribution in [1.29, 1.82) is 0 Å². The summed E-state index contributed by atoms with van der Waals surface area (Å²) in [6.45, 7) is 2.45. The van der Waals surface area contributed by atoms with Gasteiger partial charge in [-0.15, -0.1) is 0 Å². The Labute approximate surface area is 105 Å². The molecular formula is C12H16N4O2. The number of aryl methyl sites for hydroxylation is 1. The second-order valence-corrected chi connectivity index (χ2v) is 4.47. The summed E-state index contributed by atoms with van der Waals surface area (Å²) in [6.07, 6.45) is 3.59. The zero-order chi connectivity index (χ0) is 13.1. The normalized spacial score (nSPS) is 12.6. The number of pyridine rings is 1. The van der Waals surface area contributed by atoms with E-state index >= 15 is 0 Å². The fourth-order valence-corrected chi connectivity index (χ4v) is 1.83. The van der Waals surface area contributed by atoms with E-state index in [0.29, 0.717) is 12.4 Å². The second kappa shape index (κ2) is 5.03. The topological polar surface area (TPSA) is 80.0 Å². The second-order valence-electron chi connectivity index (χ2n) is 4.47. The number of anilines is 1. The van der Waals surface area contributed by atoms with Crippen molar-refractivity contribution in [1.82, 2.24) is 14.5 Å². The van der Waals surface area contributed by atoms with Crippen LogP contribution in [-0.4, -0.2) is 32.2 Å². The van der Waals surface area contributed by atoms with Crippen LogP contribution in [0.1, 0.15) is 13.3 Å². The maximum Gasteiger partial charge on any atom is 0.303 e. The number of rotatable bonds is 5. The lowest BCUT2D eigenvalue weighted by molar-refractivity contribution is -0.137. The summed E-state index contributed by atoms with van der Waals surface area (Å²) in [5.41, 5.74) is 1.81. The number of aromatic nitrogens is 3. The van der Waals surface area contributed by atoms with Crippen molar-refractivity contribution >= 4 is 22.8 Å². The van der Waals surface area contributed by atoms with Gasteiger partial charge in [0.05, 0.1) is 11.8 Å². The molecule has 0 amide bonds. The van der Waals surface area contributed by atoms with Crippen LogP contribution in [0.5, 0.6) is 0 Å². The van der Waals surface area contributed by atoms with Gasteiger partial charge in [0.25, 0.3) is 0 Å². The lowest BCUT2D eigenvalue weighted by Crippen LogP contribution is -2.15. The summed E-state index contributed by atoms with van der Waals surface area (Å²) >= 11 is 0. The predicted molar refractivity (Wildman–Crippen MR) is 68.4 cm³/mol. The van der Waals surface area contributed by atoms with Crippen molar-refractivity contribution < 1.29 is 9.90 Å². The number of imidazole rings is 1. The van der Waals surface area contributed by atoms with Crippen molar-refractivity contribution in [2.24, 2.45) is 13.0 Å². The molecule has 0 saturated heterocycles. The fourth-order valence-electron chi connectivity index (χ4n) is 1.83. The lowest BCUT2D eigenvalue weighted by Gasteiger charge is -2.11. The van der Waals surface area contributed by atoms with Crippen LogP contribution < -0.4 is 5.32 Å². The Hall–Kier alpha value is -2.11. The quantitative estimate of drug-likeness (QED) is 0.838.